The van der Waals surface area contributed by atoms with Crippen LogP contribution in [0.15, 0.2) is 77.6 Å². The molecule has 158 valence electrons. The molecule has 0 spiro atoms. The minimum atomic E-state index is -5.04. The van der Waals surface area contributed by atoms with E-state index in [-0.39, 0.29) is 22.8 Å². The Morgan fingerprint density at radius 2 is 1.26 bits per heavy atom. The zero-order chi connectivity index (χ0) is 22.4. The molecule has 0 aliphatic rings. The van der Waals surface area contributed by atoms with Crippen LogP contribution in [-0.2, 0) is 12.4 Å². The number of nitrogens with zero attached hydrogens (tertiary/aromatic N) is 2. The fourth-order valence-electron chi connectivity index (χ4n) is 3.22. The predicted octanol–water partition coefficient (Wildman–Crippen LogP) is 6.09. The minimum Gasteiger partial charge on any atom is -0.268 e. The second-order valence-electron chi connectivity index (χ2n) is 6.72. The number of aromatic nitrogens is 2. The van der Waals surface area contributed by atoms with Crippen molar-refractivity contribution in [1.82, 2.24) is 9.55 Å². The van der Waals surface area contributed by atoms with E-state index in [2.05, 4.69) is 4.98 Å². The van der Waals surface area contributed by atoms with Gasteiger partial charge in [-0.25, -0.2) is 4.98 Å². The number of fused-ring (bicyclic) bond motifs is 1. The first kappa shape index (κ1) is 20.6. The smallest absolute Gasteiger partial charge is 0.268 e. The zero-order valence-corrected chi connectivity index (χ0v) is 15.5. The molecule has 0 radical (unpaired) electrons. The maximum atomic E-state index is 13.4. The van der Waals surface area contributed by atoms with Crippen LogP contribution in [0.4, 0.5) is 26.3 Å². The minimum absolute atomic E-state index is 0.0190. The fraction of sp³-hybridized carbons (Fsp3) is 0.0909. The molecule has 0 aliphatic heterocycles. The largest absolute Gasteiger partial charge is 0.416 e. The Balaban J connectivity index is 2.13. The predicted molar refractivity (Wildman–Crippen MR) is 103 cm³/mol. The van der Waals surface area contributed by atoms with Gasteiger partial charge in [-0.05, 0) is 30.3 Å². The maximum absolute atomic E-state index is 13.4. The summed E-state index contributed by atoms with van der Waals surface area (Å²) in [7, 11) is 0. The van der Waals surface area contributed by atoms with Crippen LogP contribution in [0.1, 0.15) is 11.1 Å². The third kappa shape index (κ3) is 3.90. The summed E-state index contributed by atoms with van der Waals surface area (Å²) in [6, 6.07) is 15.2. The topological polar surface area (TPSA) is 34.9 Å². The number of benzene rings is 3. The lowest BCUT2D eigenvalue weighted by Crippen LogP contribution is -2.23. The zero-order valence-electron chi connectivity index (χ0n) is 15.5. The van der Waals surface area contributed by atoms with Crippen molar-refractivity contribution in [3.63, 3.8) is 0 Å². The molecule has 0 saturated heterocycles. The summed E-state index contributed by atoms with van der Waals surface area (Å²) in [6.45, 7) is 0. The number of halogens is 6. The van der Waals surface area contributed by atoms with Crippen LogP contribution in [-0.4, -0.2) is 9.55 Å². The highest BCUT2D eigenvalue weighted by Crippen LogP contribution is 2.37. The Kier molecular flexibility index (Phi) is 4.83. The van der Waals surface area contributed by atoms with Crippen LogP contribution < -0.4 is 5.56 Å². The molecule has 3 nitrogen and oxygen atoms in total. The van der Waals surface area contributed by atoms with Gasteiger partial charge in [0, 0.05) is 5.56 Å². The molecule has 1 aromatic heterocycles. The van der Waals surface area contributed by atoms with E-state index in [1.807, 2.05) is 0 Å². The number of hydrogen-bond acceptors (Lipinski definition) is 2. The van der Waals surface area contributed by atoms with Gasteiger partial charge in [0.15, 0.2) is 0 Å². The molecule has 1 heterocycles. The lowest BCUT2D eigenvalue weighted by Gasteiger charge is -2.18. The molecule has 0 bridgehead atoms. The molecule has 0 N–H and O–H groups in total. The van der Waals surface area contributed by atoms with E-state index in [1.54, 1.807) is 42.5 Å². The first-order valence-electron chi connectivity index (χ1n) is 8.93. The first-order valence-corrected chi connectivity index (χ1v) is 8.93. The maximum Gasteiger partial charge on any atom is 0.416 e. The van der Waals surface area contributed by atoms with E-state index in [1.165, 1.54) is 12.1 Å². The van der Waals surface area contributed by atoms with E-state index in [0.717, 1.165) is 4.57 Å². The van der Waals surface area contributed by atoms with Crippen LogP contribution in [0.25, 0.3) is 28.0 Å². The van der Waals surface area contributed by atoms with Gasteiger partial charge in [0.2, 0.25) is 0 Å². The molecule has 3 aromatic carbocycles. The summed E-state index contributed by atoms with van der Waals surface area (Å²) < 4.78 is 80.9. The third-order valence-corrected chi connectivity index (χ3v) is 4.64. The number of rotatable bonds is 2. The quantitative estimate of drug-likeness (QED) is 0.358. The van der Waals surface area contributed by atoms with Crippen molar-refractivity contribution < 1.29 is 26.3 Å². The lowest BCUT2D eigenvalue weighted by molar-refractivity contribution is -0.143. The molecule has 4 aromatic rings. The molecule has 0 fully saturated rings. The normalized spacial score (nSPS) is 12.3. The van der Waals surface area contributed by atoms with Crippen molar-refractivity contribution in [3.8, 4) is 17.1 Å². The van der Waals surface area contributed by atoms with Gasteiger partial charge >= 0.3 is 12.4 Å². The van der Waals surface area contributed by atoms with E-state index in [0.29, 0.717) is 17.7 Å². The molecule has 4 rings (SSSR count). The number of para-hydroxylation sites is 1. The van der Waals surface area contributed by atoms with Gasteiger partial charge in [-0.3, -0.25) is 9.36 Å². The molecule has 0 amide bonds. The van der Waals surface area contributed by atoms with Gasteiger partial charge in [-0.15, -0.1) is 0 Å². The van der Waals surface area contributed by atoms with E-state index in [9.17, 15) is 31.1 Å². The average molecular weight is 434 g/mol. The summed E-state index contributed by atoms with van der Waals surface area (Å²) in [5.41, 5.74) is -3.77. The number of alkyl halides is 6. The SMILES string of the molecule is O=c1c2ccccc2nc(-c2ccccc2)n1-c1cc(C(F)(F)F)cc(C(F)(F)F)c1. The summed E-state index contributed by atoms with van der Waals surface area (Å²) in [6.07, 6.45) is -10.1. The van der Waals surface area contributed by atoms with Gasteiger partial charge in [0.05, 0.1) is 27.7 Å². The van der Waals surface area contributed by atoms with E-state index < -0.39 is 34.7 Å². The first-order chi connectivity index (χ1) is 14.6. The molecule has 0 unspecified atom stereocenters. The Morgan fingerprint density at radius 1 is 0.710 bits per heavy atom. The van der Waals surface area contributed by atoms with Crippen molar-refractivity contribution in [3.05, 3.63) is 94.3 Å². The highest BCUT2D eigenvalue weighted by atomic mass is 19.4. The monoisotopic (exact) mass is 434 g/mol. The van der Waals surface area contributed by atoms with Crippen molar-refractivity contribution >= 4 is 10.9 Å². The Hall–Kier alpha value is -3.62. The molecule has 0 aliphatic carbocycles. The van der Waals surface area contributed by atoms with Crippen LogP contribution in [0.5, 0.6) is 0 Å². The summed E-state index contributed by atoms with van der Waals surface area (Å²) >= 11 is 0. The van der Waals surface area contributed by atoms with Crippen molar-refractivity contribution in [2.45, 2.75) is 12.4 Å². The highest BCUT2D eigenvalue weighted by molar-refractivity contribution is 5.80. The van der Waals surface area contributed by atoms with Crippen LogP contribution in [0.3, 0.4) is 0 Å². The summed E-state index contributed by atoms with van der Waals surface area (Å²) in [5, 5.41) is 0.0631. The Morgan fingerprint density at radius 3 is 1.84 bits per heavy atom. The van der Waals surface area contributed by atoms with Gasteiger partial charge < -0.3 is 0 Å². The summed E-state index contributed by atoms with van der Waals surface area (Å²) in [5.74, 6) is -0.0725. The molecule has 31 heavy (non-hydrogen) atoms. The van der Waals surface area contributed by atoms with Crippen molar-refractivity contribution in [1.29, 1.82) is 0 Å². The van der Waals surface area contributed by atoms with Crippen LogP contribution in [0, 0.1) is 0 Å². The molecular weight excluding hydrogens is 422 g/mol. The fourth-order valence-corrected chi connectivity index (χ4v) is 3.22. The standard InChI is InChI=1S/C22H12F6N2O/c23-21(24,25)14-10-15(22(26,27)28)12-16(11-14)30-19(13-6-2-1-3-7-13)29-18-9-5-4-8-17(18)20(30)31/h1-12H. The molecule has 0 atom stereocenters. The molecule has 9 heteroatoms. The Bertz CT molecular complexity index is 1290. The van der Waals surface area contributed by atoms with Crippen LogP contribution >= 0.6 is 0 Å². The van der Waals surface area contributed by atoms with E-state index in [4.69, 9.17) is 0 Å². The van der Waals surface area contributed by atoms with Gasteiger partial charge in [0.25, 0.3) is 5.56 Å². The summed E-state index contributed by atoms with van der Waals surface area (Å²) in [4.78, 5) is 17.6. The third-order valence-electron chi connectivity index (χ3n) is 4.64. The average Bonchev–Trinajstić information content (AvgIpc) is 2.73. The number of hydrogen-bond donors (Lipinski definition) is 0. The van der Waals surface area contributed by atoms with Crippen molar-refractivity contribution in [2.24, 2.45) is 0 Å². The highest BCUT2D eigenvalue weighted by Gasteiger charge is 2.37. The molecular formula is C22H12F6N2O. The second kappa shape index (κ2) is 7.26. The van der Waals surface area contributed by atoms with Gasteiger partial charge in [-0.2, -0.15) is 26.3 Å². The molecule has 0 saturated carbocycles. The van der Waals surface area contributed by atoms with Crippen molar-refractivity contribution in [2.75, 3.05) is 0 Å². The lowest BCUT2D eigenvalue weighted by atomic mass is 10.1. The van der Waals surface area contributed by atoms with Crippen LogP contribution in [0.2, 0.25) is 0 Å². The Labute approximate surface area is 171 Å². The second-order valence-corrected chi connectivity index (χ2v) is 6.72. The van der Waals surface area contributed by atoms with Gasteiger partial charge in [-0.1, -0.05) is 42.5 Å². The van der Waals surface area contributed by atoms with Gasteiger partial charge in [0.1, 0.15) is 5.82 Å². The van der Waals surface area contributed by atoms with E-state index >= 15 is 0 Å².